The van der Waals surface area contributed by atoms with Crippen LogP contribution in [0, 0.1) is 0 Å². The number of esters is 2. The summed E-state index contributed by atoms with van der Waals surface area (Å²) in [5.74, 6) is -0.432. The Hall–Kier alpha value is -2.56. The highest BCUT2D eigenvalue weighted by atomic mass is 16.6. The van der Waals surface area contributed by atoms with Crippen LogP contribution < -0.4 is 9.47 Å². The van der Waals surface area contributed by atoms with Gasteiger partial charge in [-0.25, -0.2) is 9.59 Å². The number of carbonyl (C=O) groups excluding carboxylic acids is 2. The lowest BCUT2D eigenvalue weighted by Crippen LogP contribution is -2.11. The maximum absolute atomic E-state index is 11.1. The molecule has 0 heterocycles. The van der Waals surface area contributed by atoms with Gasteiger partial charge in [0.15, 0.2) is 11.5 Å². The number of hydrogen-bond acceptors (Lipinski definition) is 5. The number of carbonyl (C=O) groups is 2. The van der Waals surface area contributed by atoms with E-state index in [4.69, 9.17) is 14.2 Å². The lowest BCUT2D eigenvalue weighted by Gasteiger charge is -2.10. The number of ether oxygens (including phenoxy) is 3. The zero-order chi connectivity index (χ0) is 14.1. The topological polar surface area (TPSA) is 61.8 Å². The molecule has 0 N–H and O–H groups in total. The van der Waals surface area contributed by atoms with Gasteiger partial charge < -0.3 is 14.2 Å². The normalized spacial score (nSPS) is 9.26. The van der Waals surface area contributed by atoms with E-state index in [9.17, 15) is 9.59 Å². The Kier molecular flexibility index (Phi) is 5.88. The van der Waals surface area contributed by atoms with Gasteiger partial charge in [-0.1, -0.05) is 25.3 Å². The van der Waals surface area contributed by atoms with Gasteiger partial charge in [-0.3, -0.25) is 0 Å². The van der Waals surface area contributed by atoms with Gasteiger partial charge >= 0.3 is 11.9 Å². The second kappa shape index (κ2) is 7.71. The molecule has 19 heavy (non-hydrogen) atoms. The van der Waals surface area contributed by atoms with Crippen molar-refractivity contribution >= 4 is 11.9 Å². The molecule has 0 saturated carbocycles. The lowest BCUT2D eigenvalue weighted by atomic mass is 10.3. The first-order valence-electron chi connectivity index (χ1n) is 5.52. The van der Waals surface area contributed by atoms with Crippen molar-refractivity contribution in [3.8, 4) is 11.5 Å². The summed E-state index contributed by atoms with van der Waals surface area (Å²) in [6.45, 7) is 6.80. The predicted molar refractivity (Wildman–Crippen MR) is 68.9 cm³/mol. The zero-order valence-corrected chi connectivity index (χ0v) is 10.3. The van der Waals surface area contributed by atoms with E-state index in [1.54, 1.807) is 24.3 Å². The van der Waals surface area contributed by atoms with Gasteiger partial charge in [0.2, 0.25) is 0 Å². The number of benzene rings is 1. The van der Waals surface area contributed by atoms with Gasteiger partial charge in [0.25, 0.3) is 0 Å². The first-order chi connectivity index (χ1) is 9.17. The molecule has 100 valence electrons. The summed E-state index contributed by atoms with van der Waals surface area (Å²) in [7, 11) is 0. The summed E-state index contributed by atoms with van der Waals surface area (Å²) in [4.78, 5) is 21.9. The molecule has 1 rings (SSSR count). The molecule has 5 heteroatoms. The standard InChI is InChI=1S/C14H14O5/c1-3-13(15)18-10-9-17-11-7-5-6-8-12(11)19-14(16)4-2/h3-8H,1-2,9-10H2. The van der Waals surface area contributed by atoms with Crippen LogP contribution in [0.1, 0.15) is 0 Å². The maximum atomic E-state index is 11.1. The van der Waals surface area contributed by atoms with E-state index in [1.807, 2.05) is 0 Å². The Morgan fingerprint density at radius 3 is 2.26 bits per heavy atom. The molecule has 1 aromatic carbocycles. The minimum absolute atomic E-state index is 0.0780. The van der Waals surface area contributed by atoms with Crippen molar-refractivity contribution in [3.05, 3.63) is 49.6 Å². The van der Waals surface area contributed by atoms with Gasteiger partial charge in [0, 0.05) is 12.2 Å². The molecule has 0 spiro atoms. The minimum Gasteiger partial charge on any atom is -0.486 e. The Morgan fingerprint density at radius 1 is 1.00 bits per heavy atom. The van der Waals surface area contributed by atoms with E-state index in [0.717, 1.165) is 12.2 Å². The third kappa shape index (κ3) is 5.08. The molecule has 0 aliphatic heterocycles. The third-order valence-corrected chi connectivity index (χ3v) is 1.98. The molecule has 0 bridgehead atoms. The maximum Gasteiger partial charge on any atom is 0.335 e. The van der Waals surface area contributed by atoms with E-state index in [2.05, 4.69) is 13.2 Å². The van der Waals surface area contributed by atoms with Crippen LogP contribution in [0.5, 0.6) is 11.5 Å². The Bertz CT molecular complexity index is 478. The largest absolute Gasteiger partial charge is 0.486 e. The molecule has 0 aliphatic carbocycles. The Balaban J connectivity index is 2.53. The predicted octanol–water partition coefficient (Wildman–Crippen LogP) is 1.89. The van der Waals surface area contributed by atoms with Gasteiger partial charge in [0.05, 0.1) is 0 Å². The van der Waals surface area contributed by atoms with Crippen molar-refractivity contribution < 1.29 is 23.8 Å². The molecule has 0 radical (unpaired) electrons. The first-order valence-corrected chi connectivity index (χ1v) is 5.52. The number of rotatable bonds is 7. The van der Waals surface area contributed by atoms with Crippen molar-refractivity contribution in [2.75, 3.05) is 13.2 Å². The van der Waals surface area contributed by atoms with Crippen LogP contribution in [0.2, 0.25) is 0 Å². The summed E-state index contributed by atoms with van der Waals surface area (Å²) in [6.07, 6.45) is 2.13. The van der Waals surface area contributed by atoms with E-state index < -0.39 is 11.9 Å². The summed E-state index contributed by atoms with van der Waals surface area (Å²) in [5, 5.41) is 0. The minimum atomic E-state index is -0.575. The summed E-state index contributed by atoms with van der Waals surface area (Å²) in [6, 6.07) is 6.67. The van der Waals surface area contributed by atoms with E-state index in [0.29, 0.717) is 5.75 Å². The van der Waals surface area contributed by atoms with Crippen molar-refractivity contribution in [2.24, 2.45) is 0 Å². The summed E-state index contributed by atoms with van der Waals surface area (Å²) < 4.78 is 15.1. The third-order valence-electron chi connectivity index (χ3n) is 1.98. The molecular weight excluding hydrogens is 248 g/mol. The molecule has 0 aliphatic rings. The fraction of sp³-hybridized carbons (Fsp3) is 0.143. The van der Waals surface area contributed by atoms with Crippen LogP contribution in [0.25, 0.3) is 0 Å². The smallest absolute Gasteiger partial charge is 0.335 e. The monoisotopic (exact) mass is 262 g/mol. The molecule has 0 fully saturated rings. The summed E-state index contributed by atoms with van der Waals surface area (Å²) >= 11 is 0. The van der Waals surface area contributed by atoms with Crippen LogP contribution in [-0.2, 0) is 14.3 Å². The second-order valence-electron chi connectivity index (χ2n) is 3.29. The molecule has 0 saturated heterocycles. The average molecular weight is 262 g/mol. The van der Waals surface area contributed by atoms with Gasteiger partial charge in [0.1, 0.15) is 13.2 Å². The van der Waals surface area contributed by atoms with Crippen molar-refractivity contribution in [2.45, 2.75) is 0 Å². The quantitative estimate of drug-likeness (QED) is 0.325. The van der Waals surface area contributed by atoms with Crippen molar-refractivity contribution in [3.63, 3.8) is 0 Å². The molecule has 0 atom stereocenters. The molecule has 0 aromatic heterocycles. The van der Waals surface area contributed by atoms with Gasteiger partial charge in [-0.2, -0.15) is 0 Å². The molecular formula is C14H14O5. The van der Waals surface area contributed by atoms with Gasteiger partial charge in [-0.05, 0) is 12.1 Å². The Labute approximate surface area is 111 Å². The van der Waals surface area contributed by atoms with Crippen LogP contribution in [0.15, 0.2) is 49.6 Å². The zero-order valence-electron chi connectivity index (χ0n) is 10.3. The van der Waals surface area contributed by atoms with Crippen LogP contribution in [0.3, 0.4) is 0 Å². The molecule has 5 nitrogen and oxygen atoms in total. The van der Waals surface area contributed by atoms with Crippen LogP contribution in [0.4, 0.5) is 0 Å². The number of hydrogen-bond donors (Lipinski definition) is 0. The summed E-state index contributed by atoms with van der Waals surface area (Å²) in [5.41, 5.74) is 0. The number of para-hydroxylation sites is 2. The first kappa shape index (κ1) is 14.5. The average Bonchev–Trinajstić information content (AvgIpc) is 2.44. The SMILES string of the molecule is C=CC(=O)OCCOc1ccccc1OC(=O)C=C. The second-order valence-corrected chi connectivity index (χ2v) is 3.29. The van der Waals surface area contributed by atoms with E-state index >= 15 is 0 Å². The molecule has 0 unspecified atom stereocenters. The molecule has 1 aromatic rings. The fourth-order valence-electron chi connectivity index (χ4n) is 1.16. The highest BCUT2D eigenvalue weighted by Gasteiger charge is 2.07. The molecule has 0 amide bonds. The van der Waals surface area contributed by atoms with Crippen molar-refractivity contribution in [1.29, 1.82) is 0 Å². The Morgan fingerprint density at radius 2 is 1.63 bits per heavy atom. The fourth-order valence-corrected chi connectivity index (χ4v) is 1.16. The van der Waals surface area contributed by atoms with Crippen molar-refractivity contribution in [1.82, 2.24) is 0 Å². The van der Waals surface area contributed by atoms with Crippen LogP contribution in [-0.4, -0.2) is 25.2 Å². The van der Waals surface area contributed by atoms with E-state index in [-0.39, 0.29) is 19.0 Å². The van der Waals surface area contributed by atoms with Crippen LogP contribution >= 0.6 is 0 Å². The van der Waals surface area contributed by atoms with E-state index in [1.165, 1.54) is 0 Å². The highest BCUT2D eigenvalue weighted by molar-refractivity contribution is 5.83. The highest BCUT2D eigenvalue weighted by Crippen LogP contribution is 2.26. The van der Waals surface area contributed by atoms with Gasteiger partial charge in [-0.15, -0.1) is 0 Å². The lowest BCUT2D eigenvalue weighted by molar-refractivity contribution is -0.138.